The third-order valence-corrected chi connectivity index (χ3v) is 3.31. The van der Waals surface area contributed by atoms with Crippen LogP contribution in [0, 0.1) is 0 Å². The molecule has 1 unspecified atom stereocenters. The smallest absolute Gasteiger partial charge is 0.253 e. The maximum atomic E-state index is 12.2. The zero-order valence-corrected chi connectivity index (χ0v) is 10.8. The number of nitrogens with one attached hydrogen (secondary N) is 2. The molecule has 0 bridgehead atoms. The third kappa shape index (κ3) is 2.24. The Morgan fingerprint density at radius 3 is 2.78 bits per heavy atom. The molecule has 0 aliphatic rings. The van der Waals surface area contributed by atoms with Crippen LogP contribution in [0.2, 0.25) is 0 Å². The first kappa shape index (κ1) is 12.6. The van der Waals surface area contributed by atoms with Crippen molar-refractivity contribution in [2.24, 2.45) is 0 Å². The molecule has 0 aliphatic carbocycles. The summed E-state index contributed by atoms with van der Waals surface area (Å²) in [6.07, 6.45) is 1.19. The summed E-state index contributed by atoms with van der Waals surface area (Å²) in [6.45, 7) is 5.25. The maximum absolute atomic E-state index is 12.2. The number of H-pyrrole nitrogens is 1. The van der Waals surface area contributed by atoms with Gasteiger partial charge in [0.1, 0.15) is 0 Å². The van der Waals surface area contributed by atoms with Crippen LogP contribution in [0.25, 0.3) is 10.9 Å². The number of aromatic amines is 1. The van der Waals surface area contributed by atoms with Crippen LogP contribution in [0.4, 0.5) is 0 Å². The minimum atomic E-state index is -0.661. The van der Waals surface area contributed by atoms with Crippen molar-refractivity contribution < 1.29 is 9.90 Å². The summed E-state index contributed by atoms with van der Waals surface area (Å²) in [5, 5.41) is 13.5. The Morgan fingerprint density at radius 1 is 1.39 bits per heavy atom. The summed E-state index contributed by atoms with van der Waals surface area (Å²) < 4.78 is 0. The van der Waals surface area contributed by atoms with Gasteiger partial charge in [-0.05, 0) is 32.9 Å². The predicted octanol–water partition coefficient (Wildman–Crippen LogP) is 2.06. The standard InChI is InChI=1S/C14H18N2O2/c1-9(17)14(2,3)16-13(18)11-6-4-5-10-7-8-15-12(10)11/h4-9,15,17H,1-3H3,(H,16,18). The lowest BCUT2D eigenvalue weighted by Crippen LogP contribution is -2.51. The lowest BCUT2D eigenvalue weighted by atomic mass is 9.98. The minimum Gasteiger partial charge on any atom is -0.391 e. The number of carbonyl (C=O) groups is 1. The van der Waals surface area contributed by atoms with E-state index in [4.69, 9.17) is 0 Å². The van der Waals surface area contributed by atoms with Crippen molar-refractivity contribution in [3.8, 4) is 0 Å². The normalized spacial score (nSPS) is 13.6. The van der Waals surface area contributed by atoms with E-state index < -0.39 is 11.6 Å². The van der Waals surface area contributed by atoms with Crippen LogP contribution in [0.1, 0.15) is 31.1 Å². The Kier molecular flexibility index (Phi) is 3.13. The first-order valence-corrected chi connectivity index (χ1v) is 5.98. The van der Waals surface area contributed by atoms with Crippen LogP contribution in [-0.2, 0) is 0 Å². The summed E-state index contributed by atoms with van der Waals surface area (Å²) in [7, 11) is 0. The molecule has 3 N–H and O–H groups in total. The molecule has 18 heavy (non-hydrogen) atoms. The van der Waals surface area contributed by atoms with Gasteiger partial charge in [-0.25, -0.2) is 0 Å². The number of aromatic nitrogens is 1. The van der Waals surface area contributed by atoms with Gasteiger partial charge in [0.25, 0.3) is 5.91 Å². The number of carbonyl (C=O) groups excluding carboxylic acids is 1. The van der Waals surface area contributed by atoms with Crippen molar-refractivity contribution in [1.82, 2.24) is 10.3 Å². The van der Waals surface area contributed by atoms with E-state index in [-0.39, 0.29) is 5.91 Å². The molecule has 96 valence electrons. The van der Waals surface area contributed by atoms with Crippen LogP contribution in [0.15, 0.2) is 30.5 Å². The Bertz CT molecular complexity index is 570. The maximum Gasteiger partial charge on any atom is 0.253 e. The molecule has 0 radical (unpaired) electrons. The van der Waals surface area contributed by atoms with Crippen molar-refractivity contribution >= 4 is 16.8 Å². The van der Waals surface area contributed by atoms with Gasteiger partial charge in [0.15, 0.2) is 0 Å². The van der Waals surface area contributed by atoms with Crippen molar-refractivity contribution in [3.05, 3.63) is 36.0 Å². The Morgan fingerprint density at radius 2 is 2.11 bits per heavy atom. The fourth-order valence-electron chi connectivity index (χ4n) is 1.74. The molecule has 2 aromatic rings. The highest BCUT2D eigenvalue weighted by atomic mass is 16.3. The first-order chi connectivity index (χ1) is 8.42. The Balaban J connectivity index is 2.32. The van der Waals surface area contributed by atoms with Crippen LogP contribution in [0.5, 0.6) is 0 Å². The number of amides is 1. The first-order valence-electron chi connectivity index (χ1n) is 5.98. The van der Waals surface area contributed by atoms with Crippen LogP contribution in [0.3, 0.4) is 0 Å². The topological polar surface area (TPSA) is 65.1 Å². The van der Waals surface area contributed by atoms with Crippen LogP contribution in [-0.4, -0.2) is 27.6 Å². The number of fused-ring (bicyclic) bond motifs is 1. The highest BCUT2D eigenvalue weighted by Crippen LogP contribution is 2.18. The molecule has 1 amide bonds. The number of aliphatic hydroxyl groups is 1. The van der Waals surface area contributed by atoms with Crippen LogP contribution >= 0.6 is 0 Å². The van der Waals surface area contributed by atoms with E-state index in [1.165, 1.54) is 0 Å². The largest absolute Gasteiger partial charge is 0.391 e. The van der Waals surface area contributed by atoms with E-state index in [0.717, 1.165) is 10.9 Å². The summed E-state index contributed by atoms with van der Waals surface area (Å²) in [5.74, 6) is -0.186. The average Bonchev–Trinajstić information content (AvgIpc) is 2.75. The minimum absolute atomic E-state index is 0.186. The Labute approximate surface area is 106 Å². The van der Waals surface area contributed by atoms with Gasteiger partial charge in [0.05, 0.1) is 22.7 Å². The number of para-hydroxylation sites is 1. The predicted molar refractivity (Wildman–Crippen MR) is 71.5 cm³/mol. The summed E-state index contributed by atoms with van der Waals surface area (Å²) in [4.78, 5) is 15.3. The zero-order chi connectivity index (χ0) is 13.3. The summed E-state index contributed by atoms with van der Waals surface area (Å²) in [5.41, 5.74) is 0.744. The summed E-state index contributed by atoms with van der Waals surface area (Å²) >= 11 is 0. The Hall–Kier alpha value is -1.81. The molecule has 4 heteroatoms. The van der Waals surface area contributed by atoms with E-state index in [1.54, 1.807) is 33.0 Å². The molecular formula is C14H18N2O2. The highest BCUT2D eigenvalue weighted by molar-refractivity contribution is 6.05. The number of aliphatic hydroxyl groups excluding tert-OH is 1. The van der Waals surface area contributed by atoms with Crippen molar-refractivity contribution in [2.45, 2.75) is 32.4 Å². The van der Waals surface area contributed by atoms with E-state index in [1.807, 2.05) is 18.2 Å². The molecule has 1 heterocycles. The van der Waals surface area contributed by atoms with E-state index >= 15 is 0 Å². The molecule has 1 aromatic carbocycles. The van der Waals surface area contributed by atoms with Gasteiger partial charge in [-0.15, -0.1) is 0 Å². The fourth-order valence-corrected chi connectivity index (χ4v) is 1.74. The van der Waals surface area contributed by atoms with Gasteiger partial charge in [0, 0.05) is 11.6 Å². The van der Waals surface area contributed by atoms with E-state index in [0.29, 0.717) is 5.56 Å². The van der Waals surface area contributed by atoms with E-state index in [2.05, 4.69) is 10.3 Å². The molecule has 2 rings (SSSR count). The highest BCUT2D eigenvalue weighted by Gasteiger charge is 2.27. The SMILES string of the molecule is CC(O)C(C)(C)NC(=O)c1cccc2cc[nH]c12. The third-order valence-electron chi connectivity index (χ3n) is 3.31. The molecule has 0 spiro atoms. The molecule has 1 aromatic heterocycles. The van der Waals surface area contributed by atoms with Crippen LogP contribution < -0.4 is 5.32 Å². The number of hydrogen-bond donors (Lipinski definition) is 3. The van der Waals surface area contributed by atoms with Crippen molar-refractivity contribution in [2.75, 3.05) is 0 Å². The lowest BCUT2D eigenvalue weighted by Gasteiger charge is -2.29. The number of benzene rings is 1. The van der Waals surface area contributed by atoms with Gasteiger partial charge in [-0.2, -0.15) is 0 Å². The fraction of sp³-hybridized carbons (Fsp3) is 0.357. The number of rotatable bonds is 3. The van der Waals surface area contributed by atoms with Gasteiger partial charge in [-0.3, -0.25) is 4.79 Å². The van der Waals surface area contributed by atoms with Crippen molar-refractivity contribution in [3.63, 3.8) is 0 Å². The lowest BCUT2D eigenvalue weighted by molar-refractivity contribution is 0.0710. The average molecular weight is 246 g/mol. The molecule has 4 nitrogen and oxygen atoms in total. The molecule has 0 saturated heterocycles. The second-order valence-corrected chi connectivity index (χ2v) is 5.10. The molecule has 0 saturated carbocycles. The molecular weight excluding hydrogens is 228 g/mol. The molecule has 0 fully saturated rings. The summed E-state index contributed by atoms with van der Waals surface area (Å²) in [6, 6.07) is 7.49. The molecule has 0 aliphatic heterocycles. The van der Waals surface area contributed by atoms with Gasteiger partial charge in [0.2, 0.25) is 0 Å². The van der Waals surface area contributed by atoms with Crippen molar-refractivity contribution in [1.29, 1.82) is 0 Å². The van der Waals surface area contributed by atoms with Gasteiger partial charge < -0.3 is 15.4 Å². The molecule has 1 atom stereocenters. The quantitative estimate of drug-likeness (QED) is 0.776. The monoisotopic (exact) mass is 246 g/mol. The van der Waals surface area contributed by atoms with Gasteiger partial charge in [-0.1, -0.05) is 12.1 Å². The zero-order valence-electron chi connectivity index (χ0n) is 10.8. The number of hydrogen-bond acceptors (Lipinski definition) is 2. The van der Waals surface area contributed by atoms with E-state index in [9.17, 15) is 9.90 Å². The van der Waals surface area contributed by atoms with Gasteiger partial charge >= 0.3 is 0 Å². The second kappa shape index (κ2) is 4.46. The second-order valence-electron chi connectivity index (χ2n) is 5.10.